The molecule has 3 aromatic carbocycles. The van der Waals surface area contributed by atoms with Crippen LogP contribution in [0.25, 0.3) is 10.9 Å². The number of fused-ring (bicyclic) bond motifs is 1. The first-order chi connectivity index (χ1) is 20.1. The van der Waals surface area contributed by atoms with Gasteiger partial charge in [-0.2, -0.15) is 0 Å². The molecule has 0 fully saturated rings. The lowest BCUT2D eigenvalue weighted by atomic mass is 10.0. The molecule has 0 amide bonds. The molecule has 4 aromatic rings. The molecule has 0 aliphatic rings. The maximum absolute atomic E-state index is 14.0. The number of hydrogen-bond donors (Lipinski definition) is 1. The van der Waals surface area contributed by atoms with Gasteiger partial charge in [0.15, 0.2) is 0 Å². The first kappa shape index (κ1) is 30.8. The van der Waals surface area contributed by atoms with E-state index in [2.05, 4.69) is 10.1 Å². The minimum Gasteiger partial charge on any atom is -0.497 e. The number of aryl methyl sites for hydroxylation is 1. The fraction of sp³-hybridized carbons (Fsp3) is 0.290. The number of alkyl halides is 3. The second kappa shape index (κ2) is 13.7. The van der Waals surface area contributed by atoms with Crippen molar-refractivity contribution in [2.45, 2.75) is 45.0 Å². The summed E-state index contributed by atoms with van der Waals surface area (Å²) in [6.07, 6.45) is -0.972. The normalized spacial score (nSPS) is 12.1. The monoisotopic (exact) mass is 602 g/mol. The van der Waals surface area contributed by atoms with Crippen LogP contribution in [0.5, 0.6) is 11.5 Å². The number of methoxy groups -OCH3 is 1. The van der Waals surface area contributed by atoms with Crippen molar-refractivity contribution in [2.75, 3.05) is 19.0 Å². The molecule has 0 aliphatic carbocycles. The van der Waals surface area contributed by atoms with Crippen molar-refractivity contribution in [2.24, 2.45) is 0 Å². The van der Waals surface area contributed by atoms with Crippen LogP contribution in [0.2, 0.25) is 5.02 Å². The van der Waals surface area contributed by atoms with Gasteiger partial charge in [0.2, 0.25) is 0 Å². The molecule has 222 valence electrons. The summed E-state index contributed by atoms with van der Waals surface area (Å²) in [5, 5.41) is 4.33. The second-order valence-corrected chi connectivity index (χ2v) is 9.94. The van der Waals surface area contributed by atoms with E-state index in [1.165, 1.54) is 36.1 Å². The highest BCUT2D eigenvalue weighted by Crippen LogP contribution is 2.31. The average molecular weight is 603 g/mol. The molecule has 0 spiro atoms. The summed E-state index contributed by atoms with van der Waals surface area (Å²) >= 11 is 6.10. The molecule has 0 saturated heterocycles. The van der Waals surface area contributed by atoms with E-state index in [-0.39, 0.29) is 11.5 Å². The van der Waals surface area contributed by atoms with Gasteiger partial charge in [-0.1, -0.05) is 23.7 Å². The third kappa shape index (κ3) is 8.19. The van der Waals surface area contributed by atoms with Gasteiger partial charge >= 0.3 is 12.3 Å². The number of nitrogens with zero attached hydrogens (tertiary/aromatic N) is 1. The molecule has 0 bridgehead atoms. The van der Waals surface area contributed by atoms with Crippen molar-refractivity contribution in [3.05, 3.63) is 89.1 Å². The van der Waals surface area contributed by atoms with Gasteiger partial charge in [-0.25, -0.2) is 0 Å². The summed E-state index contributed by atoms with van der Waals surface area (Å²) in [6, 6.07) is 16.8. The number of unbranched alkanes of at least 4 members (excludes halogenated alkanes) is 1. The van der Waals surface area contributed by atoms with Crippen LogP contribution in [0.1, 0.15) is 48.1 Å². The Morgan fingerprint density at radius 1 is 0.976 bits per heavy atom. The summed E-state index contributed by atoms with van der Waals surface area (Å²) < 4.78 is 54.4. The molecule has 1 atom stereocenters. The molecular formula is C31H30ClF3N2O5. The standard InChI is InChI=1S/C31H30ClF3N2O5/c1-3-41-28(38)7-5-4-6-20-16-24(18-26(17-20)40-2)36-29(22-8-11-23(32)12-9-22)30(39)37-15-14-21-10-13-25(19-27(21)37)42-31(33,34)35/h8-19,29,36H,3-7H2,1-2H3. The van der Waals surface area contributed by atoms with Crippen molar-refractivity contribution >= 4 is 40.1 Å². The zero-order chi connectivity index (χ0) is 30.3. The van der Waals surface area contributed by atoms with E-state index in [9.17, 15) is 22.8 Å². The third-order valence-corrected chi connectivity index (χ3v) is 6.75. The number of carbonyl (C=O) groups is 2. The Labute approximate surface area is 246 Å². The number of carbonyl (C=O) groups excluding carboxylic acids is 2. The number of hydrogen-bond acceptors (Lipinski definition) is 6. The summed E-state index contributed by atoms with van der Waals surface area (Å²) in [5.74, 6) is -0.526. The molecule has 0 radical (unpaired) electrons. The van der Waals surface area contributed by atoms with Crippen LogP contribution in [0.4, 0.5) is 18.9 Å². The molecule has 1 unspecified atom stereocenters. The predicted molar refractivity (Wildman–Crippen MR) is 154 cm³/mol. The van der Waals surface area contributed by atoms with Crippen molar-refractivity contribution in [1.82, 2.24) is 4.57 Å². The SMILES string of the molecule is CCOC(=O)CCCCc1cc(NC(C(=O)n2ccc3ccc(OC(F)(F)F)cc32)c2ccc(Cl)cc2)cc(OC)c1. The Balaban J connectivity index is 1.63. The van der Waals surface area contributed by atoms with Crippen molar-refractivity contribution in [1.29, 1.82) is 0 Å². The number of benzene rings is 3. The lowest BCUT2D eigenvalue weighted by Gasteiger charge is -2.21. The number of rotatable bonds is 12. The van der Waals surface area contributed by atoms with Crippen LogP contribution in [0.3, 0.4) is 0 Å². The molecule has 1 N–H and O–H groups in total. The Hall–Kier alpha value is -4.18. The quantitative estimate of drug-likeness (QED) is 0.131. The fourth-order valence-corrected chi connectivity index (χ4v) is 4.71. The molecule has 1 heterocycles. The summed E-state index contributed by atoms with van der Waals surface area (Å²) in [4.78, 5) is 25.7. The van der Waals surface area contributed by atoms with Gasteiger partial charge in [0.1, 0.15) is 17.5 Å². The van der Waals surface area contributed by atoms with Crippen LogP contribution in [0.15, 0.2) is 72.9 Å². The zero-order valence-electron chi connectivity index (χ0n) is 23.0. The van der Waals surface area contributed by atoms with Crippen LogP contribution in [0, 0.1) is 0 Å². The van der Waals surface area contributed by atoms with Gasteiger partial charge in [0.05, 0.1) is 19.2 Å². The maximum Gasteiger partial charge on any atom is 0.573 e. The van der Waals surface area contributed by atoms with Crippen molar-refractivity contribution in [3.8, 4) is 11.5 Å². The molecule has 7 nitrogen and oxygen atoms in total. The second-order valence-electron chi connectivity index (χ2n) is 9.50. The fourth-order valence-electron chi connectivity index (χ4n) is 4.58. The largest absolute Gasteiger partial charge is 0.573 e. The minimum atomic E-state index is -4.87. The molecule has 4 rings (SSSR count). The zero-order valence-corrected chi connectivity index (χ0v) is 23.8. The predicted octanol–water partition coefficient (Wildman–Crippen LogP) is 7.97. The van der Waals surface area contributed by atoms with E-state index < -0.39 is 24.1 Å². The Morgan fingerprint density at radius 2 is 1.74 bits per heavy atom. The van der Waals surface area contributed by atoms with Gasteiger partial charge in [-0.3, -0.25) is 14.2 Å². The lowest BCUT2D eigenvalue weighted by molar-refractivity contribution is -0.274. The maximum atomic E-state index is 14.0. The Kier molecular flexibility index (Phi) is 10.0. The van der Waals surface area contributed by atoms with Crippen LogP contribution >= 0.6 is 11.6 Å². The highest BCUT2D eigenvalue weighted by molar-refractivity contribution is 6.30. The summed E-state index contributed by atoms with van der Waals surface area (Å²) in [5.41, 5.74) is 2.38. The third-order valence-electron chi connectivity index (χ3n) is 6.50. The number of halogens is 4. The highest BCUT2D eigenvalue weighted by Gasteiger charge is 2.31. The van der Waals surface area contributed by atoms with Crippen molar-refractivity contribution < 1.29 is 37.0 Å². The summed E-state index contributed by atoms with van der Waals surface area (Å²) in [7, 11) is 1.54. The summed E-state index contributed by atoms with van der Waals surface area (Å²) in [6.45, 7) is 2.11. The van der Waals surface area contributed by atoms with Crippen LogP contribution in [-0.2, 0) is 16.0 Å². The van der Waals surface area contributed by atoms with E-state index in [0.717, 1.165) is 12.0 Å². The van der Waals surface area contributed by atoms with Crippen molar-refractivity contribution in [3.63, 3.8) is 0 Å². The number of esters is 1. The lowest BCUT2D eigenvalue weighted by Crippen LogP contribution is -2.26. The number of aromatic nitrogens is 1. The average Bonchev–Trinajstić information content (AvgIpc) is 3.37. The molecule has 11 heteroatoms. The topological polar surface area (TPSA) is 78.8 Å². The van der Waals surface area contributed by atoms with Gasteiger partial charge in [-0.05, 0) is 79.8 Å². The first-order valence-corrected chi connectivity index (χ1v) is 13.7. The van der Waals surface area contributed by atoms with E-state index in [1.807, 2.05) is 12.1 Å². The molecule has 1 aromatic heterocycles. The van der Waals surface area contributed by atoms with E-state index in [1.54, 1.807) is 43.3 Å². The number of ether oxygens (including phenoxy) is 3. The number of anilines is 1. The molecule has 0 saturated carbocycles. The Bertz CT molecular complexity index is 1540. The highest BCUT2D eigenvalue weighted by atomic mass is 35.5. The van der Waals surface area contributed by atoms with E-state index in [4.69, 9.17) is 21.1 Å². The van der Waals surface area contributed by atoms with Gasteiger partial charge < -0.3 is 19.5 Å². The Morgan fingerprint density at radius 3 is 2.43 bits per heavy atom. The molecule has 42 heavy (non-hydrogen) atoms. The van der Waals surface area contributed by atoms with E-state index >= 15 is 0 Å². The van der Waals surface area contributed by atoms with Crippen LogP contribution in [-0.4, -0.2) is 36.5 Å². The van der Waals surface area contributed by atoms with Gasteiger partial charge in [-0.15, -0.1) is 13.2 Å². The van der Waals surface area contributed by atoms with Gasteiger partial charge in [0.25, 0.3) is 5.91 Å². The van der Waals surface area contributed by atoms with Crippen LogP contribution < -0.4 is 14.8 Å². The smallest absolute Gasteiger partial charge is 0.497 e. The molecule has 0 aliphatic heterocycles. The first-order valence-electron chi connectivity index (χ1n) is 13.3. The number of nitrogens with one attached hydrogen (secondary N) is 1. The van der Waals surface area contributed by atoms with E-state index in [0.29, 0.717) is 53.3 Å². The van der Waals surface area contributed by atoms with Gasteiger partial charge in [0, 0.05) is 40.8 Å². The molecular weight excluding hydrogens is 573 g/mol. The minimum absolute atomic E-state index is 0.232.